The van der Waals surface area contributed by atoms with Crippen molar-refractivity contribution in [1.29, 1.82) is 0 Å². The molecule has 2 heterocycles. The second kappa shape index (κ2) is 5.96. The molecular formula is C18H32N2. The summed E-state index contributed by atoms with van der Waals surface area (Å²) in [7, 11) is 0. The lowest BCUT2D eigenvalue weighted by molar-refractivity contribution is 0.0654. The highest BCUT2D eigenvalue weighted by Crippen LogP contribution is 2.47. The van der Waals surface area contributed by atoms with E-state index in [2.05, 4.69) is 9.80 Å². The molecular weight excluding hydrogens is 244 g/mol. The molecule has 2 aliphatic carbocycles. The van der Waals surface area contributed by atoms with Crippen LogP contribution in [0.2, 0.25) is 0 Å². The molecule has 0 aromatic rings. The van der Waals surface area contributed by atoms with Crippen molar-refractivity contribution in [3.05, 3.63) is 0 Å². The maximum Gasteiger partial charge on any atom is 0.0126 e. The Balaban J connectivity index is 1.29. The molecule has 0 N–H and O–H groups in total. The van der Waals surface area contributed by atoms with Crippen LogP contribution in [0.1, 0.15) is 64.2 Å². The zero-order valence-corrected chi connectivity index (χ0v) is 13.1. The van der Waals surface area contributed by atoms with Gasteiger partial charge in [0.05, 0.1) is 0 Å². The van der Waals surface area contributed by atoms with Gasteiger partial charge in [-0.1, -0.05) is 19.3 Å². The van der Waals surface area contributed by atoms with Crippen molar-refractivity contribution in [2.45, 2.75) is 76.3 Å². The molecule has 0 amide bonds. The van der Waals surface area contributed by atoms with Crippen molar-refractivity contribution < 1.29 is 0 Å². The molecule has 2 heteroatoms. The van der Waals surface area contributed by atoms with Gasteiger partial charge < -0.3 is 4.90 Å². The summed E-state index contributed by atoms with van der Waals surface area (Å²) < 4.78 is 0. The Hall–Kier alpha value is -0.0800. The van der Waals surface area contributed by atoms with E-state index < -0.39 is 0 Å². The van der Waals surface area contributed by atoms with Gasteiger partial charge >= 0.3 is 0 Å². The van der Waals surface area contributed by atoms with Gasteiger partial charge in [0.1, 0.15) is 0 Å². The first-order chi connectivity index (χ1) is 9.90. The third-order valence-corrected chi connectivity index (χ3v) is 6.83. The minimum atomic E-state index is 0.919. The summed E-state index contributed by atoms with van der Waals surface area (Å²) in [5.41, 5.74) is 0. The number of likely N-dealkylation sites (tertiary alicyclic amines) is 2. The van der Waals surface area contributed by atoms with E-state index in [4.69, 9.17) is 0 Å². The summed E-state index contributed by atoms with van der Waals surface area (Å²) in [6, 6.07) is 1.90. The molecule has 2 saturated carbocycles. The molecule has 0 radical (unpaired) electrons. The van der Waals surface area contributed by atoms with E-state index in [0.717, 1.165) is 23.9 Å². The summed E-state index contributed by atoms with van der Waals surface area (Å²) in [4.78, 5) is 5.73. The predicted molar refractivity (Wildman–Crippen MR) is 83.9 cm³/mol. The Kier molecular flexibility index (Phi) is 4.05. The van der Waals surface area contributed by atoms with Crippen LogP contribution < -0.4 is 0 Å². The largest absolute Gasteiger partial charge is 0.300 e. The van der Waals surface area contributed by atoms with Crippen LogP contribution in [0.25, 0.3) is 0 Å². The zero-order valence-electron chi connectivity index (χ0n) is 13.1. The molecule has 2 nitrogen and oxygen atoms in total. The lowest BCUT2D eigenvalue weighted by Gasteiger charge is -2.42. The van der Waals surface area contributed by atoms with Gasteiger partial charge in [-0.2, -0.15) is 0 Å². The highest BCUT2D eigenvalue weighted by atomic mass is 15.2. The standard InChI is InChI=1S/C18H32N2/c1-2-4-10-19(9-3-1)17-7-11-20(12-8-17)18-14-15-5-6-16(18)13-15/h15-18H,1-14H2/t15-,16+,18-/m1/s1. The Morgan fingerprint density at radius 1 is 0.600 bits per heavy atom. The highest BCUT2D eigenvalue weighted by molar-refractivity contribution is 4.97. The Bertz CT molecular complexity index is 313. The van der Waals surface area contributed by atoms with E-state index in [9.17, 15) is 0 Å². The fraction of sp³-hybridized carbons (Fsp3) is 1.00. The second-order valence-corrected chi connectivity index (χ2v) is 7.96. The van der Waals surface area contributed by atoms with E-state index in [1.54, 1.807) is 25.7 Å². The van der Waals surface area contributed by atoms with Gasteiger partial charge in [0.15, 0.2) is 0 Å². The summed E-state index contributed by atoms with van der Waals surface area (Å²) in [6.07, 6.45) is 14.9. The first-order valence-electron chi connectivity index (χ1n) is 9.38. The van der Waals surface area contributed by atoms with E-state index in [1.165, 1.54) is 64.7 Å². The molecule has 4 fully saturated rings. The minimum Gasteiger partial charge on any atom is -0.300 e. The zero-order chi connectivity index (χ0) is 13.4. The number of piperidine rings is 1. The van der Waals surface area contributed by atoms with Gasteiger partial charge in [0.2, 0.25) is 0 Å². The Labute approximate surface area is 124 Å². The number of nitrogens with zero attached hydrogens (tertiary/aromatic N) is 2. The van der Waals surface area contributed by atoms with Crippen LogP contribution in [0.5, 0.6) is 0 Å². The number of hydrogen-bond donors (Lipinski definition) is 0. The van der Waals surface area contributed by atoms with Crippen molar-refractivity contribution in [3.8, 4) is 0 Å². The summed E-state index contributed by atoms with van der Waals surface area (Å²) in [5.74, 6) is 2.18. The maximum atomic E-state index is 2.89. The molecule has 0 aromatic heterocycles. The van der Waals surface area contributed by atoms with E-state index in [0.29, 0.717) is 0 Å². The molecule has 114 valence electrons. The first kappa shape index (κ1) is 13.6. The number of rotatable bonds is 2. The van der Waals surface area contributed by atoms with Crippen molar-refractivity contribution in [2.75, 3.05) is 26.2 Å². The van der Waals surface area contributed by atoms with Gasteiger partial charge in [0, 0.05) is 12.1 Å². The molecule has 4 aliphatic rings. The number of fused-ring (bicyclic) bond motifs is 2. The van der Waals surface area contributed by atoms with Crippen LogP contribution in [0.15, 0.2) is 0 Å². The van der Waals surface area contributed by atoms with Crippen LogP contribution >= 0.6 is 0 Å². The summed E-state index contributed by atoms with van der Waals surface area (Å²) in [5, 5.41) is 0. The first-order valence-corrected chi connectivity index (χ1v) is 9.38. The molecule has 2 bridgehead atoms. The minimum absolute atomic E-state index is 0.919. The normalized spacial score (nSPS) is 41.1. The lowest BCUT2D eigenvalue weighted by atomic mass is 9.91. The van der Waals surface area contributed by atoms with Gasteiger partial charge in [-0.05, 0) is 83.0 Å². The van der Waals surface area contributed by atoms with Crippen LogP contribution in [0.4, 0.5) is 0 Å². The summed E-state index contributed by atoms with van der Waals surface area (Å²) >= 11 is 0. The van der Waals surface area contributed by atoms with Gasteiger partial charge in [-0.25, -0.2) is 0 Å². The average Bonchev–Trinajstić information content (AvgIpc) is 3.02. The average molecular weight is 276 g/mol. The Morgan fingerprint density at radius 2 is 1.35 bits per heavy atom. The lowest BCUT2D eigenvalue weighted by Crippen LogP contribution is -2.49. The second-order valence-electron chi connectivity index (χ2n) is 7.96. The van der Waals surface area contributed by atoms with E-state index in [-0.39, 0.29) is 0 Å². The van der Waals surface area contributed by atoms with Crippen LogP contribution in [-0.4, -0.2) is 48.1 Å². The predicted octanol–water partition coefficient (Wildman–Crippen LogP) is 3.52. The van der Waals surface area contributed by atoms with Crippen LogP contribution in [0, 0.1) is 11.8 Å². The molecule has 2 aliphatic heterocycles. The smallest absolute Gasteiger partial charge is 0.0126 e. The Morgan fingerprint density at radius 3 is 1.95 bits per heavy atom. The topological polar surface area (TPSA) is 6.48 Å². The molecule has 20 heavy (non-hydrogen) atoms. The quantitative estimate of drug-likeness (QED) is 0.761. The third-order valence-electron chi connectivity index (χ3n) is 6.83. The number of hydrogen-bond acceptors (Lipinski definition) is 2. The van der Waals surface area contributed by atoms with E-state index in [1.807, 2.05) is 0 Å². The van der Waals surface area contributed by atoms with Gasteiger partial charge in [0.25, 0.3) is 0 Å². The monoisotopic (exact) mass is 276 g/mol. The van der Waals surface area contributed by atoms with Crippen molar-refractivity contribution in [3.63, 3.8) is 0 Å². The molecule has 0 unspecified atom stereocenters. The molecule has 0 aromatic carbocycles. The molecule has 4 rings (SSSR count). The third kappa shape index (κ3) is 2.66. The molecule has 2 saturated heterocycles. The van der Waals surface area contributed by atoms with Gasteiger partial charge in [-0.15, -0.1) is 0 Å². The van der Waals surface area contributed by atoms with Crippen LogP contribution in [0.3, 0.4) is 0 Å². The molecule has 0 spiro atoms. The van der Waals surface area contributed by atoms with Crippen molar-refractivity contribution in [1.82, 2.24) is 9.80 Å². The fourth-order valence-corrected chi connectivity index (χ4v) is 5.70. The summed E-state index contributed by atoms with van der Waals surface area (Å²) in [6.45, 7) is 5.57. The van der Waals surface area contributed by atoms with Crippen molar-refractivity contribution in [2.24, 2.45) is 11.8 Å². The molecule has 3 atom stereocenters. The van der Waals surface area contributed by atoms with E-state index >= 15 is 0 Å². The SMILES string of the molecule is C1CCCN(C2CCN([C@@H]3C[C@@H]4CC[C@H]3C4)CC2)CC1. The fourth-order valence-electron chi connectivity index (χ4n) is 5.70. The maximum absolute atomic E-state index is 2.89. The highest BCUT2D eigenvalue weighted by Gasteiger charge is 2.43. The van der Waals surface area contributed by atoms with Crippen LogP contribution in [-0.2, 0) is 0 Å². The van der Waals surface area contributed by atoms with Gasteiger partial charge in [-0.3, -0.25) is 4.90 Å². The van der Waals surface area contributed by atoms with Crippen molar-refractivity contribution >= 4 is 0 Å².